The molecule has 0 aliphatic heterocycles. The zero-order valence-electron chi connectivity index (χ0n) is 7.67. The van der Waals surface area contributed by atoms with Crippen LogP contribution in [0.5, 0.6) is 0 Å². The third-order valence-corrected chi connectivity index (χ3v) is 1.81. The van der Waals surface area contributed by atoms with Crippen molar-refractivity contribution in [3.8, 4) is 0 Å². The van der Waals surface area contributed by atoms with Crippen molar-refractivity contribution in [2.75, 3.05) is 6.54 Å². The Morgan fingerprint density at radius 2 is 2.42 bits per heavy atom. The highest BCUT2D eigenvalue weighted by atomic mass is 15.3. The summed E-state index contributed by atoms with van der Waals surface area (Å²) in [5, 5.41) is 4.23. The molecule has 3 heteroatoms. The molecule has 12 heavy (non-hydrogen) atoms. The summed E-state index contributed by atoms with van der Waals surface area (Å²) in [7, 11) is 1.92. The molecule has 1 aromatic heterocycles. The van der Waals surface area contributed by atoms with E-state index in [0.29, 0.717) is 6.54 Å². The molecule has 0 aliphatic rings. The first-order valence-electron chi connectivity index (χ1n) is 4.04. The second-order valence-corrected chi connectivity index (χ2v) is 2.94. The molecule has 66 valence electrons. The maximum atomic E-state index is 5.43. The second-order valence-electron chi connectivity index (χ2n) is 2.94. The number of rotatable bonds is 3. The van der Waals surface area contributed by atoms with Crippen LogP contribution in [0.1, 0.15) is 17.8 Å². The van der Waals surface area contributed by atoms with Crippen LogP contribution in [-0.4, -0.2) is 16.3 Å². The minimum atomic E-state index is 0.642. The number of hydrogen-bond donors (Lipinski definition) is 1. The van der Waals surface area contributed by atoms with E-state index < -0.39 is 0 Å². The minimum Gasteiger partial charge on any atom is -0.330 e. The summed E-state index contributed by atoms with van der Waals surface area (Å²) in [4.78, 5) is 0. The quantitative estimate of drug-likeness (QED) is 0.728. The SMILES string of the molecule is C=C(CCN)c1cc(C)nn1C. The lowest BCUT2D eigenvalue weighted by Gasteiger charge is -2.02. The number of nitrogens with two attached hydrogens (primary N) is 1. The molecule has 0 unspecified atom stereocenters. The van der Waals surface area contributed by atoms with Gasteiger partial charge in [-0.25, -0.2) is 0 Å². The fraction of sp³-hybridized carbons (Fsp3) is 0.444. The van der Waals surface area contributed by atoms with Gasteiger partial charge in [0.25, 0.3) is 0 Å². The van der Waals surface area contributed by atoms with Gasteiger partial charge in [0, 0.05) is 7.05 Å². The molecule has 3 nitrogen and oxygen atoms in total. The molecule has 0 fully saturated rings. The van der Waals surface area contributed by atoms with Crippen LogP contribution in [0.25, 0.3) is 5.57 Å². The zero-order chi connectivity index (χ0) is 9.14. The summed E-state index contributed by atoms with van der Waals surface area (Å²) in [6, 6.07) is 2.03. The van der Waals surface area contributed by atoms with Gasteiger partial charge < -0.3 is 5.73 Å². The molecular weight excluding hydrogens is 150 g/mol. The van der Waals surface area contributed by atoms with Gasteiger partial charge in [0.1, 0.15) is 0 Å². The second kappa shape index (κ2) is 3.54. The average Bonchev–Trinajstić information content (AvgIpc) is 2.30. The smallest absolute Gasteiger partial charge is 0.0635 e. The fourth-order valence-electron chi connectivity index (χ4n) is 1.24. The molecule has 0 spiro atoms. The van der Waals surface area contributed by atoms with Crippen LogP contribution in [0.4, 0.5) is 0 Å². The summed E-state index contributed by atoms with van der Waals surface area (Å²) in [5.74, 6) is 0. The van der Waals surface area contributed by atoms with Crippen LogP contribution < -0.4 is 5.73 Å². The lowest BCUT2D eigenvalue weighted by molar-refractivity contribution is 0.742. The Labute approximate surface area is 72.9 Å². The molecule has 2 N–H and O–H groups in total. The van der Waals surface area contributed by atoms with Crippen LogP contribution >= 0.6 is 0 Å². The molecule has 0 bridgehead atoms. The van der Waals surface area contributed by atoms with Crippen molar-refractivity contribution < 1.29 is 0 Å². The Bertz CT molecular complexity index is 286. The Morgan fingerprint density at radius 3 is 2.83 bits per heavy atom. The van der Waals surface area contributed by atoms with Crippen molar-refractivity contribution in [2.24, 2.45) is 12.8 Å². The van der Waals surface area contributed by atoms with Crippen LogP contribution in [-0.2, 0) is 7.05 Å². The van der Waals surface area contributed by atoms with E-state index in [4.69, 9.17) is 5.73 Å². The van der Waals surface area contributed by atoms with Crippen molar-refractivity contribution >= 4 is 5.57 Å². The number of nitrogens with zero attached hydrogens (tertiary/aromatic N) is 2. The van der Waals surface area contributed by atoms with E-state index >= 15 is 0 Å². The maximum Gasteiger partial charge on any atom is 0.0635 e. The van der Waals surface area contributed by atoms with Gasteiger partial charge in [0.05, 0.1) is 11.4 Å². The molecule has 0 atom stereocenters. The molecule has 0 aliphatic carbocycles. The zero-order valence-corrected chi connectivity index (χ0v) is 7.67. The van der Waals surface area contributed by atoms with Crippen LogP contribution in [0.2, 0.25) is 0 Å². The standard InChI is InChI=1S/C9H15N3/c1-7(4-5-10)9-6-8(2)11-12(9)3/h6H,1,4-5,10H2,2-3H3. The number of aryl methyl sites for hydroxylation is 2. The van der Waals surface area contributed by atoms with E-state index in [0.717, 1.165) is 23.4 Å². The summed E-state index contributed by atoms with van der Waals surface area (Å²) in [6.45, 7) is 6.56. The van der Waals surface area contributed by atoms with E-state index in [9.17, 15) is 0 Å². The van der Waals surface area contributed by atoms with Crippen LogP contribution in [0.15, 0.2) is 12.6 Å². The van der Waals surface area contributed by atoms with E-state index in [1.807, 2.05) is 24.7 Å². The van der Waals surface area contributed by atoms with E-state index in [1.54, 1.807) is 0 Å². The van der Waals surface area contributed by atoms with Gasteiger partial charge >= 0.3 is 0 Å². The first-order chi connectivity index (χ1) is 5.65. The Balaban J connectivity index is 2.87. The molecule has 0 radical (unpaired) electrons. The monoisotopic (exact) mass is 165 g/mol. The highest BCUT2D eigenvalue weighted by Crippen LogP contribution is 2.15. The molecule has 1 heterocycles. The van der Waals surface area contributed by atoms with Crippen molar-refractivity contribution in [1.29, 1.82) is 0 Å². The normalized spacial score (nSPS) is 10.2. The summed E-state index contributed by atoms with van der Waals surface area (Å²) in [5.41, 5.74) is 8.59. The maximum absolute atomic E-state index is 5.43. The third-order valence-electron chi connectivity index (χ3n) is 1.81. The van der Waals surface area contributed by atoms with Crippen molar-refractivity contribution in [2.45, 2.75) is 13.3 Å². The van der Waals surface area contributed by atoms with E-state index in [-0.39, 0.29) is 0 Å². The Kier molecular flexibility index (Phi) is 2.65. The first kappa shape index (κ1) is 9.00. The molecule has 1 rings (SSSR count). The molecular formula is C9H15N3. The summed E-state index contributed by atoms with van der Waals surface area (Å²) >= 11 is 0. The predicted octanol–water partition coefficient (Wildman–Crippen LogP) is 1.09. The van der Waals surface area contributed by atoms with E-state index in [2.05, 4.69) is 11.7 Å². The summed E-state index contributed by atoms with van der Waals surface area (Å²) < 4.78 is 1.84. The van der Waals surface area contributed by atoms with Gasteiger partial charge in [-0.3, -0.25) is 4.68 Å². The lowest BCUT2D eigenvalue weighted by Crippen LogP contribution is -2.02. The molecule has 0 aromatic carbocycles. The highest BCUT2D eigenvalue weighted by molar-refractivity contribution is 5.60. The first-order valence-corrected chi connectivity index (χ1v) is 4.04. The van der Waals surface area contributed by atoms with Gasteiger partial charge in [-0.05, 0) is 31.5 Å². The van der Waals surface area contributed by atoms with E-state index in [1.165, 1.54) is 0 Å². The van der Waals surface area contributed by atoms with Gasteiger partial charge in [0.15, 0.2) is 0 Å². The Hall–Kier alpha value is -1.09. The largest absolute Gasteiger partial charge is 0.330 e. The fourth-order valence-corrected chi connectivity index (χ4v) is 1.24. The van der Waals surface area contributed by atoms with Crippen molar-refractivity contribution in [3.63, 3.8) is 0 Å². The van der Waals surface area contributed by atoms with Gasteiger partial charge in [-0.15, -0.1) is 0 Å². The average molecular weight is 165 g/mol. The van der Waals surface area contributed by atoms with Crippen molar-refractivity contribution in [1.82, 2.24) is 9.78 Å². The number of aromatic nitrogens is 2. The van der Waals surface area contributed by atoms with Crippen molar-refractivity contribution in [3.05, 3.63) is 24.0 Å². The van der Waals surface area contributed by atoms with Gasteiger partial charge in [-0.1, -0.05) is 6.58 Å². The molecule has 1 aromatic rings. The third kappa shape index (κ3) is 1.74. The van der Waals surface area contributed by atoms with Crippen LogP contribution in [0.3, 0.4) is 0 Å². The Morgan fingerprint density at radius 1 is 1.75 bits per heavy atom. The highest BCUT2D eigenvalue weighted by Gasteiger charge is 2.04. The van der Waals surface area contributed by atoms with Gasteiger partial charge in [-0.2, -0.15) is 5.10 Å². The predicted molar refractivity (Wildman–Crippen MR) is 50.7 cm³/mol. The molecule has 0 saturated carbocycles. The van der Waals surface area contributed by atoms with Crippen LogP contribution in [0, 0.1) is 6.92 Å². The lowest BCUT2D eigenvalue weighted by atomic mass is 10.1. The van der Waals surface area contributed by atoms with Gasteiger partial charge in [0.2, 0.25) is 0 Å². The number of hydrogen-bond acceptors (Lipinski definition) is 2. The minimum absolute atomic E-state index is 0.642. The molecule has 0 saturated heterocycles. The molecule has 0 amide bonds. The topological polar surface area (TPSA) is 43.8 Å². The summed E-state index contributed by atoms with van der Waals surface area (Å²) in [6.07, 6.45) is 0.832.